The van der Waals surface area contributed by atoms with E-state index in [9.17, 15) is 4.79 Å². The molecule has 0 spiro atoms. The number of carbonyl (C=O) groups is 1. The monoisotopic (exact) mass is 298 g/mol. The Kier molecular flexibility index (Phi) is 4.69. The maximum Gasteiger partial charge on any atom is 0.250 e. The number of hydrogen-bond acceptors (Lipinski definition) is 5. The van der Waals surface area contributed by atoms with Crippen LogP contribution < -0.4 is 16.4 Å². The average molecular weight is 299 g/mol. The van der Waals surface area contributed by atoms with E-state index in [4.69, 9.17) is 28.2 Å². The van der Waals surface area contributed by atoms with Crippen molar-refractivity contribution in [3.8, 4) is 0 Å². The van der Waals surface area contributed by atoms with Gasteiger partial charge >= 0.3 is 0 Å². The second kappa shape index (κ2) is 6.30. The molecular formula is C13H19ClN4O2. The van der Waals surface area contributed by atoms with Crippen LogP contribution in [0.15, 0.2) is 12.1 Å². The molecule has 0 bridgehead atoms. The Bertz CT molecular complexity index is 501. The standard InChI is InChI=1S/C13H19ClN4O2/c14-11-8-9(15)7-10(13(16)20)12(11)18-3-1-17(2-4-18)5-6-19/h7-8,19H,1-6,15H2,(H2,16,20). The maximum absolute atomic E-state index is 11.6. The molecule has 0 aliphatic carbocycles. The lowest BCUT2D eigenvalue weighted by Crippen LogP contribution is -2.47. The number of carbonyl (C=O) groups excluding carboxylic acids is 1. The van der Waals surface area contributed by atoms with Gasteiger partial charge < -0.3 is 21.5 Å². The van der Waals surface area contributed by atoms with E-state index < -0.39 is 5.91 Å². The van der Waals surface area contributed by atoms with E-state index in [0.29, 0.717) is 28.5 Å². The number of primary amides is 1. The van der Waals surface area contributed by atoms with Gasteiger partial charge in [0.2, 0.25) is 0 Å². The molecule has 1 fully saturated rings. The second-order valence-electron chi connectivity index (χ2n) is 4.82. The predicted molar refractivity (Wildman–Crippen MR) is 80.1 cm³/mol. The van der Waals surface area contributed by atoms with Gasteiger partial charge in [-0.05, 0) is 12.1 Å². The number of nitrogens with zero attached hydrogens (tertiary/aromatic N) is 2. The minimum Gasteiger partial charge on any atom is -0.399 e. The smallest absolute Gasteiger partial charge is 0.250 e. The van der Waals surface area contributed by atoms with E-state index in [0.717, 1.165) is 26.2 Å². The number of anilines is 2. The fourth-order valence-corrected chi connectivity index (χ4v) is 2.81. The molecule has 1 amide bonds. The second-order valence-corrected chi connectivity index (χ2v) is 5.22. The summed E-state index contributed by atoms with van der Waals surface area (Å²) in [5, 5.41) is 9.38. The fourth-order valence-electron chi connectivity index (χ4n) is 2.47. The van der Waals surface area contributed by atoms with E-state index in [1.807, 2.05) is 4.90 Å². The number of β-amino-alcohol motifs (C(OH)–C–C–N with tert-alkyl or cyclic N) is 1. The number of nitrogens with two attached hydrogens (primary N) is 2. The van der Waals surface area contributed by atoms with Gasteiger partial charge in [-0.2, -0.15) is 0 Å². The Hall–Kier alpha value is -1.50. The average Bonchev–Trinajstić information content (AvgIpc) is 2.39. The van der Waals surface area contributed by atoms with Crippen molar-refractivity contribution >= 4 is 28.9 Å². The Labute approximate surface area is 122 Å². The Morgan fingerprint density at radius 2 is 1.95 bits per heavy atom. The van der Waals surface area contributed by atoms with Gasteiger partial charge in [-0.1, -0.05) is 11.6 Å². The summed E-state index contributed by atoms with van der Waals surface area (Å²) in [5.74, 6) is -0.535. The quantitative estimate of drug-likeness (QED) is 0.687. The third kappa shape index (κ3) is 3.15. The molecule has 1 aromatic rings. The highest BCUT2D eigenvalue weighted by Gasteiger charge is 2.23. The number of hydrogen-bond donors (Lipinski definition) is 3. The van der Waals surface area contributed by atoms with Crippen LogP contribution in [0.5, 0.6) is 0 Å². The molecule has 0 aromatic heterocycles. The first kappa shape index (κ1) is 14.9. The molecule has 0 unspecified atom stereocenters. The first-order valence-corrected chi connectivity index (χ1v) is 6.87. The molecule has 1 saturated heterocycles. The Morgan fingerprint density at radius 3 is 2.50 bits per heavy atom. The molecule has 1 aliphatic heterocycles. The lowest BCUT2D eigenvalue weighted by atomic mass is 10.1. The summed E-state index contributed by atoms with van der Waals surface area (Å²) < 4.78 is 0. The van der Waals surface area contributed by atoms with Crippen LogP contribution >= 0.6 is 11.6 Å². The largest absolute Gasteiger partial charge is 0.399 e. The lowest BCUT2D eigenvalue weighted by Gasteiger charge is -2.36. The molecule has 6 nitrogen and oxygen atoms in total. The van der Waals surface area contributed by atoms with Crippen LogP contribution in [-0.2, 0) is 0 Å². The zero-order valence-corrected chi connectivity index (χ0v) is 11.9. The van der Waals surface area contributed by atoms with E-state index >= 15 is 0 Å². The van der Waals surface area contributed by atoms with E-state index in [1.165, 1.54) is 0 Å². The van der Waals surface area contributed by atoms with E-state index in [2.05, 4.69) is 4.90 Å². The highest BCUT2D eigenvalue weighted by molar-refractivity contribution is 6.34. The lowest BCUT2D eigenvalue weighted by molar-refractivity contribution is 0.100. The van der Waals surface area contributed by atoms with Crippen LogP contribution in [0.4, 0.5) is 11.4 Å². The molecular weight excluding hydrogens is 280 g/mol. The Morgan fingerprint density at radius 1 is 1.30 bits per heavy atom. The molecule has 1 heterocycles. The molecule has 5 N–H and O–H groups in total. The number of benzene rings is 1. The van der Waals surface area contributed by atoms with Crippen molar-refractivity contribution in [2.24, 2.45) is 5.73 Å². The highest BCUT2D eigenvalue weighted by atomic mass is 35.5. The minimum absolute atomic E-state index is 0.148. The van der Waals surface area contributed by atoms with Crippen LogP contribution in [0.2, 0.25) is 5.02 Å². The van der Waals surface area contributed by atoms with Crippen LogP contribution in [0.3, 0.4) is 0 Å². The SMILES string of the molecule is NC(=O)c1cc(N)cc(Cl)c1N1CCN(CCO)CC1. The topological polar surface area (TPSA) is 95.8 Å². The predicted octanol–water partition coefficient (Wildman–Crippen LogP) is 0.135. The highest BCUT2D eigenvalue weighted by Crippen LogP contribution is 2.33. The fraction of sp³-hybridized carbons (Fsp3) is 0.462. The van der Waals surface area contributed by atoms with Crippen molar-refractivity contribution in [2.75, 3.05) is 50.0 Å². The molecule has 1 aliphatic rings. The van der Waals surface area contributed by atoms with Crippen molar-refractivity contribution in [3.05, 3.63) is 22.7 Å². The summed E-state index contributed by atoms with van der Waals surface area (Å²) >= 11 is 6.23. The molecule has 0 radical (unpaired) electrons. The summed E-state index contributed by atoms with van der Waals surface area (Å²) in [7, 11) is 0. The third-order valence-electron chi connectivity index (χ3n) is 3.46. The van der Waals surface area contributed by atoms with Gasteiger partial charge in [0.15, 0.2) is 0 Å². The van der Waals surface area contributed by atoms with Gasteiger partial charge in [-0.3, -0.25) is 9.69 Å². The number of aliphatic hydroxyl groups excluding tert-OH is 1. The summed E-state index contributed by atoms with van der Waals surface area (Å²) in [6, 6.07) is 3.19. The molecule has 20 heavy (non-hydrogen) atoms. The zero-order valence-electron chi connectivity index (χ0n) is 11.2. The van der Waals surface area contributed by atoms with Crippen LogP contribution in [-0.4, -0.2) is 55.2 Å². The van der Waals surface area contributed by atoms with Crippen LogP contribution in [0.1, 0.15) is 10.4 Å². The number of piperazine rings is 1. The zero-order chi connectivity index (χ0) is 14.7. The van der Waals surface area contributed by atoms with Gasteiger partial charge in [0.1, 0.15) is 0 Å². The number of aliphatic hydroxyl groups is 1. The van der Waals surface area contributed by atoms with Gasteiger partial charge in [-0.15, -0.1) is 0 Å². The van der Waals surface area contributed by atoms with E-state index in [-0.39, 0.29) is 6.61 Å². The molecule has 7 heteroatoms. The summed E-state index contributed by atoms with van der Waals surface area (Å²) in [6.07, 6.45) is 0. The third-order valence-corrected chi connectivity index (χ3v) is 3.74. The first-order valence-electron chi connectivity index (χ1n) is 6.50. The van der Waals surface area contributed by atoms with Crippen molar-refractivity contribution in [3.63, 3.8) is 0 Å². The summed E-state index contributed by atoms with van der Waals surface area (Å²) in [5.41, 5.74) is 12.5. The van der Waals surface area contributed by atoms with Crippen LogP contribution in [0.25, 0.3) is 0 Å². The van der Waals surface area contributed by atoms with E-state index in [1.54, 1.807) is 12.1 Å². The van der Waals surface area contributed by atoms with Gasteiger partial charge in [0.25, 0.3) is 5.91 Å². The first-order chi connectivity index (χ1) is 9.52. The molecule has 2 rings (SSSR count). The van der Waals surface area contributed by atoms with Gasteiger partial charge in [0, 0.05) is 38.4 Å². The number of halogens is 1. The molecule has 110 valence electrons. The van der Waals surface area contributed by atoms with Crippen molar-refractivity contribution in [1.82, 2.24) is 4.90 Å². The molecule has 0 saturated carbocycles. The van der Waals surface area contributed by atoms with Gasteiger partial charge in [0.05, 0.1) is 22.9 Å². The van der Waals surface area contributed by atoms with Crippen molar-refractivity contribution in [1.29, 1.82) is 0 Å². The number of nitrogen functional groups attached to an aromatic ring is 1. The Balaban J connectivity index is 2.23. The minimum atomic E-state index is -0.535. The molecule has 1 aromatic carbocycles. The van der Waals surface area contributed by atoms with Crippen molar-refractivity contribution in [2.45, 2.75) is 0 Å². The maximum atomic E-state index is 11.6. The van der Waals surface area contributed by atoms with Crippen LogP contribution in [0, 0.1) is 0 Å². The van der Waals surface area contributed by atoms with Crippen molar-refractivity contribution < 1.29 is 9.90 Å². The number of rotatable bonds is 4. The van der Waals surface area contributed by atoms with Gasteiger partial charge in [-0.25, -0.2) is 0 Å². The summed E-state index contributed by atoms with van der Waals surface area (Å²) in [6.45, 7) is 3.87. The normalized spacial score (nSPS) is 16.4. The number of amides is 1. The molecule has 0 atom stereocenters. The summed E-state index contributed by atoms with van der Waals surface area (Å²) in [4.78, 5) is 15.8.